The number of aromatic nitrogens is 1. The molecule has 0 aromatic carbocycles. The Balaban J connectivity index is 2.77. The first-order valence-corrected chi connectivity index (χ1v) is 6.63. The maximum Gasteiger partial charge on any atom is 0.110 e. The second kappa shape index (κ2) is 5.61. The molecule has 0 aliphatic heterocycles. The molecule has 0 fully saturated rings. The number of nitrogens with zero attached hydrogens (tertiary/aromatic N) is 1. The van der Waals surface area contributed by atoms with Gasteiger partial charge in [-0.1, -0.05) is 27.2 Å². The van der Waals surface area contributed by atoms with Crippen molar-refractivity contribution in [2.45, 2.75) is 53.0 Å². The summed E-state index contributed by atoms with van der Waals surface area (Å²) in [6.45, 7) is 8.70. The van der Waals surface area contributed by atoms with Gasteiger partial charge < -0.3 is 5.73 Å². The van der Waals surface area contributed by atoms with Crippen molar-refractivity contribution in [1.82, 2.24) is 4.98 Å². The van der Waals surface area contributed by atoms with Crippen molar-refractivity contribution in [2.75, 3.05) is 0 Å². The molecule has 86 valence electrons. The summed E-state index contributed by atoms with van der Waals surface area (Å²) in [5.41, 5.74) is 7.43. The summed E-state index contributed by atoms with van der Waals surface area (Å²) in [6, 6.07) is 0.119. The lowest BCUT2D eigenvalue weighted by Gasteiger charge is -2.16. The van der Waals surface area contributed by atoms with E-state index in [0.717, 1.165) is 11.4 Å². The molecule has 0 saturated heterocycles. The predicted octanol–water partition coefficient (Wildman–Crippen LogP) is 3.45. The van der Waals surface area contributed by atoms with E-state index in [0.29, 0.717) is 5.92 Å². The molecule has 2 unspecified atom stereocenters. The molecule has 2 nitrogen and oxygen atoms in total. The first kappa shape index (κ1) is 12.7. The smallest absolute Gasteiger partial charge is 0.110 e. The van der Waals surface area contributed by atoms with Crippen molar-refractivity contribution in [2.24, 2.45) is 11.7 Å². The van der Waals surface area contributed by atoms with Gasteiger partial charge in [0, 0.05) is 4.88 Å². The monoisotopic (exact) mass is 226 g/mol. The fraction of sp³-hybridized carbons (Fsp3) is 0.750. The number of nitrogens with two attached hydrogens (primary N) is 1. The first-order valence-electron chi connectivity index (χ1n) is 5.81. The van der Waals surface area contributed by atoms with Gasteiger partial charge in [-0.25, -0.2) is 4.98 Å². The van der Waals surface area contributed by atoms with Crippen LogP contribution in [0.3, 0.4) is 0 Å². The third kappa shape index (κ3) is 3.02. The van der Waals surface area contributed by atoms with Crippen molar-refractivity contribution in [3.63, 3.8) is 0 Å². The Bertz CT molecular complexity index is 307. The Morgan fingerprint density at radius 3 is 2.53 bits per heavy atom. The zero-order chi connectivity index (χ0) is 11.4. The summed E-state index contributed by atoms with van der Waals surface area (Å²) in [6.07, 6.45) is 3.39. The molecular weight excluding hydrogens is 204 g/mol. The molecule has 1 aromatic rings. The zero-order valence-corrected chi connectivity index (χ0v) is 11.0. The summed E-state index contributed by atoms with van der Waals surface area (Å²) >= 11 is 1.77. The molecule has 0 bridgehead atoms. The van der Waals surface area contributed by atoms with E-state index in [1.807, 2.05) is 0 Å². The van der Waals surface area contributed by atoms with Gasteiger partial charge in [0.1, 0.15) is 5.01 Å². The average Bonchev–Trinajstić information content (AvgIpc) is 2.59. The number of aryl methyl sites for hydroxylation is 2. The highest BCUT2D eigenvalue weighted by molar-refractivity contribution is 7.11. The van der Waals surface area contributed by atoms with Crippen molar-refractivity contribution >= 4 is 11.3 Å². The fourth-order valence-electron chi connectivity index (χ4n) is 1.80. The van der Waals surface area contributed by atoms with Crippen LogP contribution in [-0.4, -0.2) is 4.98 Å². The minimum Gasteiger partial charge on any atom is -0.322 e. The van der Waals surface area contributed by atoms with Gasteiger partial charge in [-0.2, -0.15) is 0 Å². The Kier molecular flexibility index (Phi) is 4.74. The van der Waals surface area contributed by atoms with Gasteiger partial charge >= 0.3 is 0 Å². The number of rotatable bonds is 5. The topological polar surface area (TPSA) is 38.9 Å². The summed E-state index contributed by atoms with van der Waals surface area (Å²) in [4.78, 5) is 5.95. The molecule has 0 saturated carbocycles. The minimum absolute atomic E-state index is 0.119. The maximum atomic E-state index is 6.21. The molecule has 1 aromatic heterocycles. The van der Waals surface area contributed by atoms with Crippen molar-refractivity contribution < 1.29 is 0 Å². The number of hydrogen-bond acceptors (Lipinski definition) is 3. The van der Waals surface area contributed by atoms with Crippen molar-refractivity contribution in [1.29, 1.82) is 0 Å². The van der Waals surface area contributed by atoms with Gasteiger partial charge in [0.25, 0.3) is 0 Å². The van der Waals surface area contributed by atoms with E-state index in [2.05, 4.69) is 32.7 Å². The zero-order valence-electron chi connectivity index (χ0n) is 10.2. The highest BCUT2D eigenvalue weighted by Gasteiger charge is 2.18. The van der Waals surface area contributed by atoms with Crippen LogP contribution in [-0.2, 0) is 6.42 Å². The van der Waals surface area contributed by atoms with Gasteiger partial charge in [-0.3, -0.25) is 0 Å². The van der Waals surface area contributed by atoms with Gasteiger partial charge in [0.05, 0.1) is 11.7 Å². The van der Waals surface area contributed by atoms with Crippen molar-refractivity contribution in [3.8, 4) is 0 Å². The largest absolute Gasteiger partial charge is 0.322 e. The predicted molar refractivity (Wildman–Crippen MR) is 67.2 cm³/mol. The molecule has 2 N–H and O–H groups in total. The van der Waals surface area contributed by atoms with E-state index in [9.17, 15) is 0 Å². The highest BCUT2D eigenvalue weighted by Crippen LogP contribution is 2.28. The Morgan fingerprint density at radius 2 is 2.07 bits per heavy atom. The molecule has 1 rings (SSSR count). The summed E-state index contributed by atoms with van der Waals surface area (Å²) < 4.78 is 0. The first-order chi connectivity index (χ1) is 7.10. The summed E-state index contributed by atoms with van der Waals surface area (Å²) in [5, 5.41) is 1.12. The summed E-state index contributed by atoms with van der Waals surface area (Å²) in [7, 11) is 0. The molecule has 2 atom stereocenters. The van der Waals surface area contributed by atoms with Gasteiger partial charge in [0.15, 0.2) is 0 Å². The molecule has 0 aliphatic rings. The van der Waals surface area contributed by atoms with Crippen LogP contribution in [0, 0.1) is 12.8 Å². The van der Waals surface area contributed by atoms with E-state index < -0.39 is 0 Å². The molecule has 3 heteroatoms. The number of hydrogen-bond donors (Lipinski definition) is 1. The molecule has 15 heavy (non-hydrogen) atoms. The maximum absolute atomic E-state index is 6.21. The third-order valence-electron chi connectivity index (χ3n) is 2.89. The lowest BCUT2D eigenvalue weighted by Crippen LogP contribution is -2.18. The van der Waals surface area contributed by atoms with Crippen molar-refractivity contribution in [3.05, 3.63) is 15.6 Å². The quantitative estimate of drug-likeness (QED) is 0.835. The van der Waals surface area contributed by atoms with E-state index in [1.165, 1.54) is 23.4 Å². The van der Waals surface area contributed by atoms with Crippen LogP contribution in [0.25, 0.3) is 0 Å². The van der Waals surface area contributed by atoms with E-state index in [4.69, 9.17) is 5.73 Å². The van der Waals surface area contributed by atoms with Crippen LogP contribution < -0.4 is 5.73 Å². The normalized spacial score (nSPS) is 15.3. The second-order valence-electron chi connectivity index (χ2n) is 4.20. The van der Waals surface area contributed by atoms with Crippen LogP contribution in [0.15, 0.2) is 0 Å². The highest BCUT2D eigenvalue weighted by atomic mass is 32.1. The lowest BCUT2D eigenvalue weighted by molar-refractivity contribution is 0.432. The molecule has 0 amide bonds. The average molecular weight is 226 g/mol. The Morgan fingerprint density at radius 1 is 1.40 bits per heavy atom. The second-order valence-corrected chi connectivity index (χ2v) is 5.44. The molecular formula is C12H22N2S. The molecule has 0 radical (unpaired) electrons. The van der Waals surface area contributed by atoms with Gasteiger partial charge in [-0.05, 0) is 25.7 Å². The minimum atomic E-state index is 0.119. The SMILES string of the molecule is CCCC(C)C(N)c1nc(CC)c(C)s1. The van der Waals surface area contributed by atoms with E-state index in [-0.39, 0.29) is 6.04 Å². The lowest BCUT2D eigenvalue weighted by atomic mass is 9.98. The third-order valence-corrected chi connectivity index (χ3v) is 4.00. The van der Waals surface area contributed by atoms with E-state index >= 15 is 0 Å². The standard InChI is InChI=1S/C12H22N2S/c1-5-7-8(3)11(13)12-14-10(6-2)9(4)15-12/h8,11H,5-7,13H2,1-4H3. The summed E-state index contributed by atoms with van der Waals surface area (Å²) in [5.74, 6) is 0.533. The van der Waals surface area contributed by atoms with Crippen LogP contribution in [0.5, 0.6) is 0 Å². The van der Waals surface area contributed by atoms with Crippen LogP contribution in [0.4, 0.5) is 0 Å². The molecule has 1 heterocycles. The molecule has 0 spiro atoms. The van der Waals surface area contributed by atoms with Crippen LogP contribution in [0.2, 0.25) is 0 Å². The number of thiazole rings is 1. The Labute approximate surface area is 96.9 Å². The van der Waals surface area contributed by atoms with Crippen LogP contribution >= 0.6 is 11.3 Å². The fourth-order valence-corrected chi connectivity index (χ4v) is 2.94. The van der Waals surface area contributed by atoms with Gasteiger partial charge in [0.2, 0.25) is 0 Å². The van der Waals surface area contributed by atoms with E-state index in [1.54, 1.807) is 11.3 Å². The Hall–Kier alpha value is -0.410. The van der Waals surface area contributed by atoms with Gasteiger partial charge in [-0.15, -0.1) is 11.3 Å². The molecule has 0 aliphatic carbocycles. The van der Waals surface area contributed by atoms with Crippen LogP contribution in [0.1, 0.15) is 55.2 Å².